The summed E-state index contributed by atoms with van der Waals surface area (Å²) in [6.07, 6.45) is -3.95. The maximum absolute atomic E-state index is 11.8. The first-order valence-electron chi connectivity index (χ1n) is 5.42. The molecule has 0 radical (unpaired) electrons. The standard InChI is InChI=1S/C10H16F3N3S/c11-10(12,13)3-1-5-15-6-8-7-17-9(16-8)2-4-14/h7,15H,1-6,14H2. The third-order valence-electron chi connectivity index (χ3n) is 2.08. The molecule has 0 bridgehead atoms. The number of thiazole rings is 1. The number of alkyl halides is 3. The van der Waals surface area contributed by atoms with E-state index >= 15 is 0 Å². The summed E-state index contributed by atoms with van der Waals surface area (Å²) >= 11 is 1.53. The summed E-state index contributed by atoms with van der Waals surface area (Å²) in [6.45, 7) is 1.42. The van der Waals surface area contributed by atoms with Crippen molar-refractivity contribution in [2.75, 3.05) is 13.1 Å². The zero-order valence-electron chi connectivity index (χ0n) is 9.39. The lowest BCUT2D eigenvalue weighted by Gasteiger charge is -2.06. The number of nitrogens with zero attached hydrogens (tertiary/aromatic N) is 1. The summed E-state index contributed by atoms with van der Waals surface area (Å²) in [7, 11) is 0. The predicted molar refractivity (Wildman–Crippen MR) is 61.9 cm³/mol. The van der Waals surface area contributed by atoms with Crippen LogP contribution in [0.5, 0.6) is 0 Å². The third-order valence-corrected chi connectivity index (χ3v) is 3.03. The van der Waals surface area contributed by atoms with Gasteiger partial charge in [-0.05, 0) is 19.5 Å². The Hall–Kier alpha value is -0.660. The van der Waals surface area contributed by atoms with Crippen LogP contribution in [0.25, 0.3) is 0 Å². The molecule has 0 unspecified atom stereocenters. The van der Waals surface area contributed by atoms with Crippen LogP contribution in [-0.2, 0) is 13.0 Å². The summed E-state index contributed by atoms with van der Waals surface area (Å²) in [5.74, 6) is 0. The number of halogens is 3. The van der Waals surface area contributed by atoms with Crippen LogP contribution in [0, 0.1) is 0 Å². The molecule has 3 nitrogen and oxygen atoms in total. The highest BCUT2D eigenvalue weighted by atomic mass is 32.1. The van der Waals surface area contributed by atoms with Gasteiger partial charge in [0.15, 0.2) is 0 Å². The maximum Gasteiger partial charge on any atom is 0.389 e. The molecule has 0 saturated heterocycles. The van der Waals surface area contributed by atoms with Gasteiger partial charge < -0.3 is 11.1 Å². The Morgan fingerprint density at radius 3 is 2.82 bits per heavy atom. The van der Waals surface area contributed by atoms with Crippen LogP contribution in [0.1, 0.15) is 23.5 Å². The lowest BCUT2D eigenvalue weighted by Crippen LogP contribution is -2.18. The minimum Gasteiger partial charge on any atom is -0.330 e. The molecule has 0 aliphatic carbocycles. The third kappa shape index (κ3) is 6.60. The van der Waals surface area contributed by atoms with Gasteiger partial charge in [-0.15, -0.1) is 11.3 Å². The van der Waals surface area contributed by atoms with Gasteiger partial charge in [-0.3, -0.25) is 0 Å². The molecule has 0 fully saturated rings. The van der Waals surface area contributed by atoms with Gasteiger partial charge in [0.05, 0.1) is 10.7 Å². The van der Waals surface area contributed by atoms with Crippen LogP contribution in [0.3, 0.4) is 0 Å². The molecule has 0 spiro atoms. The molecule has 1 aromatic rings. The molecule has 3 N–H and O–H groups in total. The van der Waals surface area contributed by atoms with Crippen LogP contribution in [0.2, 0.25) is 0 Å². The van der Waals surface area contributed by atoms with Crippen LogP contribution < -0.4 is 11.1 Å². The summed E-state index contributed by atoms with van der Waals surface area (Å²) in [4.78, 5) is 4.30. The molecule has 0 saturated carbocycles. The number of hydrogen-bond acceptors (Lipinski definition) is 4. The Morgan fingerprint density at radius 2 is 2.18 bits per heavy atom. The molecule has 0 aliphatic rings. The number of aromatic nitrogens is 1. The van der Waals surface area contributed by atoms with Crippen molar-refractivity contribution in [2.45, 2.75) is 32.0 Å². The molecule has 0 aromatic carbocycles. The Morgan fingerprint density at radius 1 is 1.41 bits per heavy atom. The maximum atomic E-state index is 11.8. The molecule has 1 heterocycles. The number of hydrogen-bond donors (Lipinski definition) is 2. The van der Waals surface area contributed by atoms with Gasteiger partial charge in [-0.2, -0.15) is 13.2 Å². The second-order valence-electron chi connectivity index (χ2n) is 3.67. The van der Waals surface area contributed by atoms with Gasteiger partial charge in [0.25, 0.3) is 0 Å². The first-order valence-corrected chi connectivity index (χ1v) is 6.30. The van der Waals surface area contributed by atoms with Crippen molar-refractivity contribution < 1.29 is 13.2 Å². The van der Waals surface area contributed by atoms with Crippen molar-refractivity contribution >= 4 is 11.3 Å². The fourth-order valence-corrected chi connectivity index (χ4v) is 2.11. The molecular formula is C10H16F3N3S. The van der Waals surface area contributed by atoms with E-state index in [9.17, 15) is 13.2 Å². The van der Waals surface area contributed by atoms with E-state index in [0.29, 0.717) is 19.6 Å². The van der Waals surface area contributed by atoms with Crippen LogP contribution in [0.15, 0.2) is 5.38 Å². The SMILES string of the molecule is NCCc1nc(CNCCCC(F)(F)F)cs1. The van der Waals surface area contributed by atoms with E-state index in [1.807, 2.05) is 5.38 Å². The Kier molecular flexibility index (Phi) is 5.87. The molecule has 1 rings (SSSR count). The summed E-state index contributed by atoms with van der Waals surface area (Å²) in [5, 5.41) is 5.82. The summed E-state index contributed by atoms with van der Waals surface area (Å²) < 4.78 is 35.5. The Bertz CT molecular complexity index is 325. The fraction of sp³-hybridized carbons (Fsp3) is 0.700. The second-order valence-corrected chi connectivity index (χ2v) is 4.61. The predicted octanol–water partition coefficient (Wildman–Crippen LogP) is 2.08. The van der Waals surface area contributed by atoms with E-state index in [1.165, 1.54) is 11.3 Å². The quantitative estimate of drug-likeness (QED) is 0.744. The molecule has 0 amide bonds. The van der Waals surface area contributed by atoms with Crippen molar-refractivity contribution in [2.24, 2.45) is 5.73 Å². The minimum atomic E-state index is -4.06. The van der Waals surface area contributed by atoms with E-state index in [1.54, 1.807) is 0 Å². The van der Waals surface area contributed by atoms with Gasteiger partial charge in [0.1, 0.15) is 0 Å². The largest absolute Gasteiger partial charge is 0.389 e. The van der Waals surface area contributed by atoms with Crippen molar-refractivity contribution in [1.29, 1.82) is 0 Å². The molecule has 1 aromatic heterocycles. The topological polar surface area (TPSA) is 50.9 Å². The average molecular weight is 267 g/mol. The van der Waals surface area contributed by atoms with Gasteiger partial charge >= 0.3 is 6.18 Å². The van der Waals surface area contributed by atoms with Crippen molar-refractivity contribution in [3.8, 4) is 0 Å². The lowest BCUT2D eigenvalue weighted by atomic mass is 10.3. The van der Waals surface area contributed by atoms with Crippen molar-refractivity contribution in [3.63, 3.8) is 0 Å². The first kappa shape index (κ1) is 14.4. The molecule has 7 heteroatoms. The summed E-state index contributed by atoms with van der Waals surface area (Å²) in [6, 6.07) is 0. The van der Waals surface area contributed by atoms with Crippen molar-refractivity contribution in [1.82, 2.24) is 10.3 Å². The highest BCUT2D eigenvalue weighted by Gasteiger charge is 2.25. The van der Waals surface area contributed by atoms with Gasteiger partial charge in [0, 0.05) is 24.8 Å². The molecule has 98 valence electrons. The highest BCUT2D eigenvalue weighted by molar-refractivity contribution is 7.09. The van der Waals surface area contributed by atoms with Crippen LogP contribution in [-0.4, -0.2) is 24.2 Å². The molecule has 17 heavy (non-hydrogen) atoms. The van der Waals surface area contributed by atoms with Gasteiger partial charge in [-0.25, -0.2) is 4.98 Å². The Balaban J connectivity index is 2.13. The monoisotopic (exact) mass is 267 g/mol. The van der Waals surface area contributed by atoms with Crippen molar-refractivity contribution in [3.05, 3.63) is 16.1 Å². The average Bonchev–Trinajstić information content (AvgIpc) is 2.64. The molecule has 0 aliphatic heterocycles. The second kappa shape index (κ2) is 6.93. The minimum absolute atomic E-state index is 0.100. The number of nitrogens with two attached hydrogens (primary N) is 1. The Labute approximate surface area is 102 Å². The normalized spacial score (nSPS) is 12.0. The van der Waals surface area contributed by atoms with E-state index in [-0.39, 0.29) is 6.42 Å². The van der Waals surface area contributed by atoms with E-state index in [4.69, 9.17) is 5.73 Å². The van der Waals surface area contributed by atoms with Gasteiger partial charge in [0.2, 0.25) is 0 Å². The van der Waals surface area contributed by atoms with Gasteiger partial charge in [-0.1, -0.05) is 0 Å². The van der Waals surface area contributed by atoms with Crippen LogP contribution >= 0.6 is 11.3 Å². The first-order chi connectivity index (χ1) is 8.01. The zero-order chi connectivity index (χ0) is 12.7. The lowest BCUT2D eigenvalue weighted by molar-refractivity contribution is -0.135. The van der Waals surface area contributed by atoms with Crippen LogP contribution in [0.4, 0.5) is 13.2 Å². The van der Waals surface area contributed by atoms with E-state index in [0.717, 1.165) is 17.1 Å². The van der Waals surface area contributed by atoms with E-state index in [2.05, 4.69) is 10.3 Å². The summed E-state index contributed by atoms with van der Waals surface area (Å²) in [5.41, 5.74) is 6.26. The highest BCUT2D eigenvalue weighted by Crippen LogP contribution is 2.20. The van der Waals surface area contributed by atoms with E-state index < -0.39 is 12.6 Å². The number of nitrogens with one attached hydrogen (secondary N) is 1. The molecule has 0 atom stereocenters. The zero-order valence-corrected chi connectivity index (χ0v) is 10.2. The molecular weight excluding hydrogens is 251 g/mol. The fourth-order valence-electron chi connectivity index (χ4n) is 1.30. The number of rotatable bonds is 7. The smallest absolute Gasteiger partial charge is 0.330 e.